The van der Waals surface area contributed by atoms with Crippen LogP contribution in [0.25, 0.3) is 5.69 Å². The molecule has 0 saturated heterocycles. The molecule has 1 heterocycles. The topological polar surface area (TPSA) is 72.9 Å². The summed E-state index contributed by atoms with van der Waals surface area (Å²) in [6.45, 7) is 0. The number of aromatic nitrogens is 2. The summed E-state index contributed by atoms with van der Waals surface area (Å²) in [5.41, 5.74) is 9.46. The van der Waals surface area contributed by atoms with Gasteiger partial charge in [-0.1, -0.05) is 6.07 Å². The van der Waals surface area contributed by atoms with Crippen LogP contribution in [0.2, 0.25) is 0 Å². The van der Waals surface area contributed by atoms with Crippen molar-refractivity contribution in [3.05, 3.63) is 71.1 Å². The number of carbonyl (C=O) groups is 1. The smallest absolute Gasteiger partial charge is 0.261 e. The van der Waals surface area contributed by atoms with E-state index in [-0.39, 0.29) is 0 Å². The summed E-state index contributed by atoms with van der Waals surface area (Å²) in [6, 6.07) is 10.5. The van der Waals surface area contributed by atoms with Gasteiger partial charge in [-0.05, 0) is 62.1 Å². The molecule has 7 heteroatoms. The Kier molecular flexibility index (Phi) is 4.12. The minimum atomic E-state index is -0.912. The summed E-state index contributed by atoms with van der Waals surface area (Å²) in [7, 11) is 0. The molecular weight excluding hydrogens is 374 g/mol. The number of nitrogens with zero attached hydrogens (tertiary/aromatic N) is 2. The van der Waals surface area contributed by atoms with Crippen molar-refractivity contribution in [2.24, 2.45) is 0 Å². The lowest BCUT2D eigenvalue weighted by Crippen LogP contribution is -2.16. The lowest BCUT2D eigenvalue weighted by Gasteiger charge is -2.12. The maximum absolute atomic E-state index is 13.8. The normalized spacial score (nSPS) is 16.1. The van der Waals surface area contributed by atoms with Gasteiger partial charge in [-0.15, -0.1) is 0 Å². The van der Waals surface area contributed by atoms with E-state index >= 15 is 0 Å². The number of hydrogen-bond donors (Lipinski definition) is 2. The molecule has 2 aliphatic rings. The first-order valence-electron chi connectivity index (χ1n) is 9.76. The largest absolute Gasteiger partial charge is 0.397 e. The van der Waals surface area contributed by atoms with E-state index in [1.807, 2.05) is 4.68 Å². The maximum atomic E-state index is 13.8. The van der Waals surface area contributed by atoms with Crippen LogP contribution in [-0.4, -0.2) is 15.7 Å². The predicted octanol–water partition coefficient (Wildman–Crippen LogP) is 4.74. The molecule has 0 bridgehead atoms. The van der Waals surface area contributed by atoms with Crippen LogP contribution in [0.15, 0.2) is 42.5 Å². The Morgan fingerprint density at radius 1 is 1.03 bits per heavy atom. The van der Waals surface area contributed by atoms with E-state index in [1.54, 1.807) is 18.2 Å². The van der Waals surface area contributed by atoms with E-state index in [9.17, 15) is 13.6 Å². The molecule has 5 rings (SSSR count). The molecule has 0 radical (unpaired) electrons. The molecule has 1 amide bonds. The van der Waals surface area contributed by atoms with Crippen LogP contribution in [0, 0.1) is 11.6 Å². The second-order valence-electron chi connectivity index (χ2n) is 7.78. The Morgan fingerprint density at radius 2 is 1.72 bits per heavy atom. The molecule has 148 valence electrons. The van der Waals surface area contributed by atoms with Gasteiger partial charge in [0.25, 0.3) is 5.91 Å². The van der Waals surface area contributed by atoms with Gasteiger partial charge >= 0.3 is 0 Å². The average molecular weight is 394 g/mol. The van der Waals surface area contributed by atoms with Gasteiger partial charge in [-0.3, -0.25) is 4.79 Å². The van der Waals surface area contributed by atoms with Crippen molar-refractivity contribution in [1.29, 1.82) is 0 Å². The number of nitrogens with one attached hydrogen (secondary N) is 1. The standard InChI is InChI=1S/C22H20F2N4O/c23-15-2-1-3-16(24)21(15)22(29)26-14-8-9-19(17(25)10-14)28-20(13-6-7-13)11-18(27-28)12-4-5-12/h1-3,8-13H,4-7,25H2,(H,26,29). The summed E-state index contributed by atoms with van der Waals surface area (Å²) in [5.74, 6) is -1.63. The van der Waals surface area contributed by atoms with Gasteiger partial charge in [-0.25, -0.2) is 13.5 Å². The first-order chi connectivity index (χ1) is 14.0. The fraction of sp³-hybridized carbons (Fsp3) is 0.273. The molecule has 3 N–H and O–H groups in total. The van der Waals surface area contributed by atoms with Gasteiger partial charge < -0.3 is 11.1 Å². The number of rotatable bonds is 5. The Morgan fingerprint density at radius 3 is 2.34 bits per heavy atom. The highest BCUT2D eigenvalue weighted by molar-refractivity contribution is 6.05. The third-order valence-electron chi connectivity index (χ3n) is 5.45. The van der Waals surface area contributed by atoms with Crippen molar-refractivity contribution < 1.29 is 13.6 Å². The van der Waals surface area contributed by atoms with Gasteiger partial charge in [-0.2, -0.15) is 5.10 Å². The van der Waals surface area contributed by atoms with Gasteiger partial charge in [0.05, 0.1) is 17.1 Å². The Labute approximate surface area is 166 Å². The summed E-state index contributed by atoms with van der Waals surface area (Å²) >= 11 is 0. The Balaban J connectivity index is 1.43. The molecule has 29 heavy (non-hydrogen) atoms. The lowest BCUT2D eigenvalue weighted by molar-refractivity contribution is 0.101. The quantitative estimate of drug-likeness (QED) is 0.614. The van der Waals surface area contributed by atoms with Gasteiger partial charge in [0.1, 0.15) is 17.2 Å². The van der Waals surface area contributed by atoms with Crippen molar-refractivity contribution in [2.45, 2.75) is 37.5 Å². The molecule has 2 fully saturated rings. The predicted molar refractivity (Wildman–Crippen MR) is 106 cm³/mol. The highest BCUT2D eigenvalue weighted by atomic mass is 19.1. The highest BCUT2D eigenvalue weighted by Crippen LogP contribution is 2.45. The van der Waals surface area contributed by atoms with Crippen LogP contribution in [0.1, 0.15) is 59.3 Å². The molecule has 0 spiro atoms. The number of carbonyl (C=O) groups excluding carboxylic acids is 1. The third-order valence-corrected chi connectivity index (χ3v) is 5.45. The number of anilines is 2. The lowest BCUT2D eigenvalue weighted by atomic mass is 10.1. The monoisotopic (exact) mass is 394 g/mol. The summed E-state index contributed by atoms with van der Waals surface area (Å²) in [5, 5.41) is 7.29. The number of halogens is 2. The molecule has 3 aromatic rings. The minimum Gasteiger partial charge on any atom is -0.397 e. The maximum Gasteiger partial charge on any atom is 0.261 e. The zero-order valence-corrected chi connectivity index (χ0v) is 15.7. The molecule has 2 saturated carbocycles. The molecule has 0 atom stereocenters. The SMILES string of the molecule is Nc1cc(NC(=O)c2c(F)cccc2F)ccc1-n1nc(C2CC2)cc1C1CC1. The van der Waals surface area contributed by atoms with Crippen molar-refractivity contribution in [3.63, 3.8) is 0 Å². The highest BCUT2D eigenvalue weighted by Gasteiger charge is 2.33. The summed E-state index contributed by atoms with van der Waals surface area (Å²) in [4.78, 5) is 12.3. The molecule has 2 aliphatic carbocycles. The molecule has 2 aromatic carbocycles. The number of hydrogen-bond acceptors (Lipinski definition) is 3. The van der Waals surface area contributed by atoms with Crippen LogP contribution >= 0.6 is 0 Å². The molecular formula is C22H20F2N4O. The average Bonchev–Trinajstić information content (AvgIpc) is 3.60. The number of nitrogens with two attached hydrogens (primary N) is 1. The Bertz CT molecular complexity index is 1100. The van der Waals surface area contributed by atoms with Crippen LogP contribution in [0.4, 0.5) is 20.2 Å². The van der Waals surface area contributed by atoms with E-state index in [1.165, 1.54) is 24.6 Å². The van der Waals surface area contributed by atoms with E-state index in [2.05, 4.69) is 11.4 Å². The fourth-order valence-electron chi connectivity index (χ4n) is 3.59. The zero-order chi connectivity index (χ0) is 20.1. The summed E-state index contributed by atoms with van der Waals surface area (Å²) in [6.07, 6.45) is 4.65. The van der Waals surface area contributed by atoms with Crippen LogP contribution in [-0.2, 0) is 0 Å². The van der Waals surface area contributed by atoms with Gasteiger partial charge in [0.2, 0.25) is 0 Å². The van der Waals surface area contributed by atoms with Crippen LogP contribution < -0.4 is 11.1 Å². The zero-order valence-electron chi connectivity index (χ0n) is 15.7. The molecule has 5 nitrogen and oxygen atoms in total. The second kappa shape index (κ2) is 6.69. The van der Waals surface area contributed by atoms with E-state index in [0.29, 0.717) is 23.2 Å². The number of amides is 1. The first-order valence-corrected chi connectivity index (χ1v) is 9.76. The molecule has 0 aliphatic heterocycles. The second-order valence-corrected chi connectivity index (χ2v) is 7.78. The van der Waals surface area contributed by atoms with Crippen molar-refractivity contribution in [2.75, 3.05) is 11.1 Å². The van der Waals surface area contributed by atoms with E-state index in [0.717, 1.165) is 36.4 Å². The molecule has 1 aromatic heterocycles. The number of benzene rings is 2. The van der Waals surface area contributed by atoms with Crippen LogP contribution in [0.5, 0.6) is 0 Å². The van der Waals surface area contributed by atoms with Crippen LogP contribution in [0.3, 0.4) is 0 Å². The van der Waals surface area contributed by atoms with Gasteiger partial charge in [0, 0.05) is 23.2 Å². The molecule has 0 unspecified atom stereocenters. The van der Waals surface area contributed by atoms with Crippen molar-refractivity contribution >= 4 is 17.3 Å². The van der Waals surface area contributed by atoms with E-state index in [4.69, 9.17) is 10.8 Å². The van der Waals surface area contributed by atoms with E-state index < -0.39 is 23.1 Å². The Hall–Kier alpha value is -3.22. The minimum absolute atomic E-state index is 0.362. The fourth-order valence-corrected chi connectivity index (χ4v) is 3.59. The van der Waals surface area contributed by atoms with Crippen molar-refractivity contribution in [1.82, 2.24) is 9.78 Å². The van der Waals surface area contributed by atoms with Crippen molar-refractivity contribution in [3.8, 4) is 5.69 Å². The third kappa shape index (κ3) is 3.37. The summed E-state index contributed by atoms with van der Waals surface area (Å²) < 4.78 is 29.6. The van der Waals surface area contributed by atoms with Gasteiger partial charge in [0.15, 0.2) is 0 Å². The first kappa shape index (κ1) is 17.8. The number of nitrogen functional groups attached to an aromatic ring is 1.